The van der Waals surface area contributed by atoms with E-state index in [0.29, 0.717) is 6.42 Å². The molecule has 21 heavy (non-hydrogen) atoms. The molecule has 6 heteroatoms. The Balaban J connectivity index is 1.59. The molecule has 0 saturated carbocycles. The quantitative estimate of drug-likeness (QED) is 0.943. The predicted molar refractivity (Wildman–Crippen MR) is 84.9 cm³/mol. The Labute approximate surface area is 128 Å². The van der Waals surface area contributed by atoms with Crippen LogP contribution in [0.25, 0.3) is 0 Å². The zero-order valence-electron chi connectivity index (χ0n) is 12.4. The molecule has 0 unspecified atom stereocenters. The fraction of sp³-hybridized carbons (Fsp3) is 0.467. The number of rotatable bonds is 3. The number of hydrogen-bond donors (Lipinski definition) is 1. The van der Waals surface area contributed by atoms with Crippen molar-refractivity contribution in [2.24, 2.45) is 0 Å². The maximum Gasteiger partial charge on any atom is 0.227 e. The minimum Gasteiger partial charge on any atom is -0.365 e. The van der Waals surface area contributed by atoms with Gasteiger partial charge in [-0.15, -0.1) is 11.3 Å². The van der Waals surface area contributed by atoms with Crippen LogP contribution in [0.15, 0.2) is 17.5 Å². The summed E-state index contributed by atoms with van der Waals surface area (Å²) in [7, 11) is 0. The second-order valence-corrected chi connectivity index (χ2v) is 6.44. The Morgan fingerprint density at radius 1 is 1.33 bits per heavy atom. The molecule has 0 aromatic carbocycles. The number of carbonyl (C=O) groups is 1. The Hall–Kier alpha value is -1.82. The van der Waals surface area contributed by atoms with Crippen LogP contribution in [0.5, 0.6) is 0 Å². The SMILES string of the molecule is Cc1n[nH]c(C)c1N1CCN(C(=O)Cc2cccs2)CC1. The highest BCUT2D eigenvalue weighted by atomic mass is 32.1. The van der Waals surface area contributed by atoms with Gasteiger partial charge in [-0.1, -0.05) is 6.07 Å². The Kier molecular flexibility index (Phi) is 3.96. The van der Waals surface area contributed by atoms with E-state index in [1.54, 1.807) is 11.3 Å². The second-order valence-electron chi connectivity index (χ2n) is 5.41. The van der Waals surface area contributed by atoms with Gasteiger partial charge in [-0.3, -0.25) is 9.89 Å². The van der Waals surface area contributed by atoms with E-state index in [0.717, 1.165) is 42.4 Å². The number of aryl methyl sites for hydroxylation is 2. The van der Waals surface area contributed by atoms with Crippen molar-refractivity contribution in [1.29, 1.82) is 0 Å². The molecule has 5 nitrogen and oxygen atoms in total. The molecule has 0 radical (unpaired) electrons. The zero-order chi connectivity index (χ0) is 14.8. The summed E-state index contributed by atoms with van der Waals surface area (Å²) in [4.78, 5) is 17.7. The van der Waals surface area contributed by atoms with Gasteiger partial charge in [0, 0.05) is 31.1 Å². The number of amides is 1. The van der Waals surface area contributed by atoms with Crippen LogP contribution in [-0.2, 0) is 11.2 Å². The Bertz CT molecular complexity index is 592. The van der Waals surface area contributed by atoms with Crippen molar-refractivity contribution in [2.45, 2.75) is 20.3 Å². The van der Waals surface area contributed by atoms with Crippen molar-refractivity contribution in [2.75, 3.05) is 31.1 Å². The van der Waals surface area contributed by atoms with Gasteiger partial charge in [0.05, 0.1) is 23.5 Å². The summed E-state index contributed by atoms with van der Waals surface area (Å²) in [6.07, 6.45) is 0.529. The molecular formula is C15H20N4OS. The molecule has 2 aromatic rings. The average molecular weight is 304 g/mol. The van der Waals surface area contributed by atoms with Crippen molar-refractivity contribution in [1.82, 2.24) is 15.1 Å². The summed E-state index contributed by atoms with van der Waals surface area (Å²) in [5, 5.41) is 9.30. The smallest absolute Gasteiger partial charge is 0.227 e. The molecule has 0 bridgehead atoms. The minimum atomic E-state index is 0.234. The fourth-order valence-electron chi connectivity index (χ4n) is 2.86. The largest absolute Gasteiger partial charge is 0.365 e. The molecule has 3 heterocycles. The topological polar surface area (TPSA) is 52.2 Å². The summed E-state index contributed by atoms with van der Waals surface area (Å²) in [5.41, 5.74) is 3.33. The van der Waals surface area contributed by atoms with E-state index >= 15 is 0 Å². The van der Waals surface area contributed by atoms with Gasteiger partial charge < -0.3 is 9.80 Å². The monoisotopic (exact) mass is 304 g/mol. The third kappa shape index (κ3) is 2.95. The number of piperazine rings is 1. The van der Waals surface area contributed by atoms with E-state index in [1.807, 2.05) is 36.3 Å². The zero-order valence-corrected chi connectivity index (χ0v) is 13.2. The van der Waals surface area contributed by atoms with Gasteiger partial charge in [-0.25, -0.2) is 0 Å². The number of aromatic amines is 1. The highest BCUT2D eigenvalue weighted by Crippen LogP contribution is 2.23. The van der Waals surface area contributed by atoms with Crippen LogP contribution in [0.4, 0.5) is 5.69 Å². The molecule has 3 rings (SSSR count). The van der Waals surface area contributed by atoms with Gasteiger partial charge in [0.25, 0.3) is 0 Å². The first-order valence-corrected chi connectivity index (χ1v) is 8.10. The number of carbonyl (C=O) groups excluding carboxylic acids is 1. The first-order chi connectivity index (χ1) is 10.1. The summed E-state index contributed by atoms with van der Waals surface area (Å²) < 4.78 is 0. The molecule has 1 N–H and O–H groups in total. The van der Waals surface area contributed by atoms with E-state index in [1.165, 1.54) is 5.69 Å². The van der Waals surface area contributed by atoms with Gasteiger partial charge in [-0.05, 0) is 25.3 Å². The molecule has 1 aliphatic rings. The number of hydrogen-bond acceptors (Lipinski definition) is 4. The third-order valence-electron chi connectivity index (χ3n) is 3.94. The number of anilines is 1. The molecule has 0 spiro atoms. The second kappa shape index (κ2) is 5.89. The van der Waals surface area contributed by atoms with Crippen LogP contribution >= 0.6 is 11.3 Å². The minimum absolute atomic E-state index is 0.234. The highest BCUT2D eigenvalue weighted by molar-refractivity contribution is 7.10. The maximum absolute atomic E-state index is 12.3. The lowest BCUT2D eigenvalue weighted by atomic mass is 10.2. The molecule has 2 aromatic heterocycles. The van der Waals surface area contributed by atoms with Gasteiger partial charge in [0.2, 0.25) is 5.91 Å². The third-order valence-corrected chi connectivity index (χ3v) is 4.82. The summed E-state index contributed by atoms with van der Waals surface area (Å²) in [6.45, 7) is 7.38. The number of thiophene rings is 1. The van der Waals surface area contributed by atoms with Gasteiger partial charge in [-0.2, -0.15) is 5.10 Å². The maximum atomic E-state index is 12.3. The van der Waals surface area contributed by atoms with Crippen molar-refractivity contribution in [3.05, 3.63) is 33.8 Å². The van der Waals surface area contributed by atoms with Gasteiger partial charge >= 0.3 is 0 Å². The first-order valence-electron chi connectivity index (χ1n) is 7.22. The van der Waals surface area contributed by atoms with E-state index in [4.69, 9.17) is 0 Å². The lowest BCUT2D eigenvalue weighted by Gasteiger charge is -2.36. The fourth-order valence-corrected chi connectivity index (χ4v) is 3.56. The molecule has 112 valence electrons. The van der Waals surface area contributed by atoms with Gasteiger partial charge in [0.15, 0.2) is 0 Å². The average Bonchev–Trinajstić information content (AvgIpc) is 3.09. The Morgan fingerprint density at radius 2 is 2.10 bits per heavy atom. The van der Waals surface area contributed by atoms with Crippen molar-refractivity contribution >= 4 is 22.9 Å². The molecule has 1 fully saturated rings. The van der Waals surface area contributed by atoms with Crippen LogP contribution in [0.3, 0.4) is 0 Å². The van der Waals surface area contributed by atoms with Crippen LogP contribution in [-0.4, -0.2) is 47.2 Å². The van der Waals surface area contributed by atoms with E-state index in [9.17, 15) is 4.79 Å². The van der Waals surface area contributed by atoms with Crippen LogP contribution in [0.2, 0.25) is 0 Å². The molecule has 1 aliphatic heterocycles. The lowest BCUT2D eigenvalue weighted by molar-refractivity contribution is -0.130. The van der Waals surface area contributed by atoms with E-state index in [-0.39, 0.29) is 5.91 Å². The van der Waals surface area contributed by atoms with Gasteiger partial charge in [0.1, 0.15) is 0 Å². The normalized spacial score (nSPS) is 15.5. The number of aromatic nitrogens is 2. The predicted octanol–water partition coefficient (Wildman–Crippen LogP) is 1.98. The lowest BCUT2D eigenvalue weighted by Crippen LogP contribution is -2.49. The molecule has 0 atom stereocenters. The Morgan fingerprint density at radius 3 is 2.67 bits per heavy atom. The molecule has 1 amide bonds. The molecule has 0 aliphatic carbocycles. The highest BCUT2D eigenvalue weighted by Gasteiger charge is 2.24. The number of H-pyrrole nitrogens is 1. The summed E-state index contributed by atoms with van der Waals surface area (Å²) in [5.74, 6) is 0.234. The first kappa shape index (κ1) is 14.1. The number of nitrogens with zero attached hydrogens (tertiary/aromatic N) is 3. The van der Waals surface area contributed by atoms with Crippen LogP contribution < -0.4 is 4.90 Å². The van der Waals surface area contributed by atoms with Crippen molar-refractivity contribution in [3.63, 3.8) is 0 Å². The van der Waals surface area contributed by atoms with Crippen molar-refractivity contribution in [3.8, 4) is 0 Å². The van der Waals surface area contributed by atoms with Crippen molar-refractivity contribution < 1.29 is 4.79 Å². The number of nitrogens with one attached hydrogen (secondary N) is 1. The summed E-state index contributed by atoms with van der Waals surface area (Å²) in [6, 6.07) is 4.02. The standard InChI is InChI=1S/C15H20N4OS/c1-11-15(12(2)17-16-11)19-7-5-18(6-8-19)14(20)10-13-4-3-9-21-13/h3-4,9H,5-8,10H2,1-2H3,(H,16,17). The van der Waals surface area contributed by atoms with E-state index in [2.05, 4.69) is 15.1 Å². The van der Waals surface area contributed by atoms with Crippen LogP contribution in [0, 0.1) is 13.8 Å². The van der Waals surface area contributed by atoms with E-state index < -0.39 is 0 Å². The summed E-state index contributed by atoms with van der Waals surface area (Å²) >= 11 is 1.65. The molecular weight excluding hydrogens is 284 g/mol. The molecule has 1 saturated heterocycles. The van der Waals surface area contributed by atoms with Crippen LogP contribution in [0.1, 0.15) is 16.3 Å².